The van der Waals surface area contributed by atoms with Crippen molar-refractivity contribution in [3.8, 4) is 5.75 Å². The fourth-order valence-corrected chi connectivity index (χ4v) is 3.78. The third-order valence-corrected chi connectivity index (χ3v) is 5.40. The maximum atomic E-state index is 13.5. The van der Waals surface area contributed by atoms with Crippen molar-refractivity contribution in [2.45, 2.75) is 12.0 Å². The number of hydrogen-bond acceptors (Lipinski definition) is 3. The van der Waals surface area contributed by atoms with Crippen LogP contribution in [-0.4, -0.2) is 30.0 Å². The summed E-state index contributed by atoms with van der Waals surface area (Å²) in [6, 6.07) is 25.6. The van der Waals surface area contributed by atoms with Gasteiger partial charge >= 0.3 is 6.03 Å². The van der Waals surface area contributed by atoms with Crippen LogP contribution < -0.4 is 10.1 Å². The van der Waals surface area contributed by atoms with Crippen LogP contribution in [-0.2, 0) is 16.8 Å². The van der Waals surface area contributed by atoms with Gasteiger partial charge in [0, 0.05) is 11.4 Å². The van der Waals surface area contributed by atoms with Gasteiger partial charge in [-0.1, -0.05) is 72.3 Å². The molecule has 152 valence electrons. The fraction of sp³-hybridized carbons (Fsp3) is 0.167. The number of imide groups is 1. The van der Waals surface area contributed by atoms with Gasteiger partial charge in [-0.2, -0.15) is 0 Å². The van der Waals surface area contributed by atoms with Crippen molar-refractivity contribution < 1.29 is 14.3 Å². The molecule has 0 saturated carbocycles. The Balaban J connectivity index is 1.55. The monoisotopic (exact) mass is 420 g/mol. The van der Waals surface area contributed by atoms with E-state index in [0.717, 1.165) is 11.1 Å². The topological polar surface area (TPSA) is 58.6 Å². The molecule has 0 spiro atoms. The van der Waals surface area contributed by atoms with Gasteiger partial charge in [0.25, 0.3) is 5.91 Å². The number of carbonyl (C=O) groups excluding carboxylic acids is 2. The molecule has 0 aromatic heterocycles. The Kier molecular flexibility index (Phi) is 5.72. The first-order valence-corrected chi connectivity index (χ1v) is 10.1. The number of amides is 3. The average molecular weight is 421 g/mol. The number of urea groups is 1. The number of hydrogen-bond donors (Lipinski definition) is 1. The van der Waals surface area contributed by atoms with Gasteiger partial charge in [-0.25, -0.2) is 4.79 Å². The summed E-state index contributed by atoms with van der Waals surface area (Å²) < 4.78 is 5.68. The molecule has 1 aliphatic heterocycles. The third kappa shape index (κ3) is 4.02. The van der Waals surface area contributed by atoms with Crippen LogP contribution >= 0.6 is 11.6 Å². The number of benzene rings is 3. The summed E-state index contributed by atoms with van der Waals surface area (Å²) in [5, 5.41) is 3.57. The third-order valence-electron chi connectivity index (χ3n) is 5.15. The van der Waals surface area contributed by atoms with E-state index in [1.807, 2.05) is 60.7 Å². The first-order chi connectivity index (χ1) is 14.6. The summed E-state index contributed by atoms with van der Waals surface area (Å²) in [5.41, 5.74) is 0.586. The molecule has 3 aromatic carbocycles. The van der Waals surface area contributed by atoms with Crippen molar-refractivity contribution in [2.24, 2.45) is 0 Å². The zero-order chi connectivity index (χ0) is 21.0. The van der Waals surface area contributed by atoms with Crippen LogP contribution in [0.3, 0.4) is 0 Å². The molecule has 6 heteroatoms. The molecule has 5 nitrogen and oxygen atoms in total. The van der Waals surface area contributed by atoms with Crippen molar-refractivity contribution >= 4 is 23.5 Å². The Morgan fingerprint density at radius 3 is 2.17 bits per heavy atom. The minimum Gasteiger partial charge on any atom is -0.492 e. The number of nitrogens with one attached hydrogen (secondary N) is 1. The number of halogens is 1. The minimum atomic E-state index is -1.14. The van der Waals surface area contributed by atoms with Crippen LogP contribution in [0.2, 0.25) is 5.02 Å². The van der Waals surface area contributed by atoms with Gasteiger partial charge in [-0.15, -0.1) is 0 Å². The average Bonchev–Trinajstić information content (AvgIpc) is 3.01. The number of rotatable bonds is 7. The Morgan fingerprint density at radius 1 is 0.867 bits per heavy atom. The Bertz CT molecular complexity index is 1030. The van der Waals surface area contributed by atoms with Gasteiger partial charge in [0.05, 0.1) is 6.54 Å². The molecule has 1 saturated heterocycles. The fourth-order valence-electron chi connectivity index (χ4n) is 3.66. The van der Waals surface area contributed by atoms with Crippen molar-refractivity contribution in [3.05, 3.63) is 101 Å². The summed E-state index contributed by atoms with van der Waals surface area (Å²) in [5.74, 6) is 0.354. The molecule has 0 bridgehead atoms. The van der Waals surface area contributed by atoms with E-state index in [1.165, 1.54) is 4.90 Å². The molecule has 1 aliphatic rings. The molecular formula is C24H21ClN2O3. The molecule has 1 N–H and O–H groups in total. The second kappa shape index (κ2) is 8.59. The van der Waals surface area contributed by atoms with Crippen LogP contribution in [0, 0.1) is 0 Å². The van der Waals surface area contributed by atoms with E-state index in [0.29, 0.717) is 17.2 Å². The van der Waals surface area contributed by atoms with Crippen LogP contribution in [0.1, 0.15) is 11.1 Å². The normalized spacial score (nSPS) is 18.4. The van der Waals surface area contributed by atoms with Gasteiger partial charge in [-0.05, 0) is 35.4 Å². The van der Waals surface area contributed by atoms with Crippen LogP contribution in [0.15, 0.2) is 84.9 Å². The maximum Gasteiger partial charge on any atom is 0.325 e. The van der Waals surface area contributed by atoms with Gasteiger partial charge in [0.1, 0.15) is 12.4 Å². The van der Waals surface area contributed by atoms with Gasteiger partial charge in [0.2, 0.25) is 0 Å². The lowest BCUT2D eigenvalue weighted by Crippen LogP contribution is -2.46. The zero-order valence-electron chi connectivity index (χ0n) is 16.3. The summed E-state index contributed by atoms with van der Waals surface area (Å²) in [4.78, 5) is 27.5. The largest absolute Gasteiger partial charge is 0.492 e. The Hall–Kier alpha value is -3.31. The minimum absolute atomic E-state index is 0.149. The molecule has 3 aromatic rings. The molecule has 1 atom stereocenters. The number of ether oxygens (including phenoxy) is 1. The summed E-state index contributed by atoms with van der Waals surface area (Å²) >= 11 is 5.88. The smallest absolute Gasteiger partial charge is 0.325 e. The second-order valence-corrected chi connectivity index (χ2v) is 7.56. The molecule has 3 amide bonds. The Labute approximate surface area is 180 Å². The van der Waals surface area contributed by atoms with Crippen molar-refractivity contribution in [1.29, 1.82) is 0 Å². The van der Waals surface area contributed by atoms with Gasteiger partial charge < -0.3 is 10.1 Å². The summed E-state index contributed by atoms with van der Waals surface area (Å²) in [6.45, 7) is 0.341. The number of nitrogens with zero attached hydrogens (tertiary/aromatic N) is 1. The van der Waals surface area contributed by atoms with Gasteiger partial charge in [-0.3, -0.25) is 9.69 Å². The molecule has 0 aliphatic carbocycles. The Morgan fingerprint density at radius 2 is 1.50 bits per heavy atom. The molecule has 1 fully saturated rings. The van der Waals surface area contributed by atoms with E-state index < -0.39 is 11.6 Å². The highest BCUT2D eigenvalue weighted by atomic mass is 35.5. The molecule has 1 heterocycles. The molecular weight excluding hydrogens is 400 g/mol. The second-order valence-electron chi connectivity index (χ2n) is 7.12. The van der Waals surface area contributed by atoms with E-state index >= 15 is 0 Å². The maximum absolute atomic E-state index is 13.5. The molecule has 4 rings (SSSR count). The molecule has 0 unspecified atom stereocenters. The highest BCUT2D eigenvalue weighted by Crippen LogP contribution is 2.33. The van der Waals surface area contributed by atoms with E-state index in [2.05, 4.69) is 5.32 Å². The predicted molar refractivity (Wildman–Crippen MR) is 115 cm³/mol. The van der Waals surface area contributed by atoms with Crippen molar-refractivity contribution in [2.75, 3.05) is 13.2 Å². The number of carbonyl (C=O) groups is 2. The zero-order valence-corrected chi connectivity index (χ0v) is 17.0. The van der Waals surface area contributed by atoms with Crippen LogP contribution in [0.25, 0.3) is 0 Å². The molecule has 0 radical (unpaired) electrons. The highest BCUT2D eigenvalue weighted by Gasteiger charge is 2.52. The van der Waals surface area contributed by atoms with Crippen LogP contribution in [0.5, 0.6) is 5.75 Å². The molecule has 30 heavy (non-hydrogen) atoms. The van der Waals surface area contributed by atoms with E-state index in [-0.39, 0.29) is 19.1 Å². The van der Waals surface area contributed by atoms with E-state index in [4.69, 9.17) is 16.3 Å². The summed E-state index contributed by atoms with van der Waals surface area (Å²) in [7, 11) is 0. The van der Waals surface area contributed by atoms with Crippen molar-refractivity contribution in [3.63, 3.8) is 0 Å². The lowest BCUT2D eigenvalue weighted by molar-refractivity contribution is -0.131. The summed E-state index contributed by atoms with van der Waals surface area (Å²) in [6.07, 6.45) is 0.372. The first kappa shape index (κ1) is 20.0. The standard InChI is InChI=1S/C24H21ClN2O3/c25-20-11-13-21(14-12-20)30-16-15-27-22(28)24(26-23(27)29,19-9-5-2-6-10-19)17-18-7-3-1-4-8-18/h1-14H,15-17H2,(H,26,29)/t24-/m0/s1. The lowest BCUT2D eigenvalue weighted by atomic mass is 9.83. The first-order valence-electron chi connectivity index (χ1n) is 9.70. The van der Waals surface area contributed by atoms with Crippen LogP contribution in [0.4, 0.5) is 4.79 Å². The predicted octanol–water partition coefficient (Wildman–Crippen LogP) is 4.41. The van der Waals surface area contributed by atoms with Gasteiger partial charge in [0.15, 0.2) is 5.54 Å². The SMILES string of the molecule is O=C1N[C@@](Cc2ccccc2)(c2ccccc2)C(=O)N1CCOc1ccc(Cl)cc1. The lowest BCUT2D eigenvalue weighted by Gasteiger charge is -2.27. The van der Waals surface area contributed by atoms with Crippen molar-refractivity contribution in [1.82, 2.24) is 10.2 Å². The quantitative estimate of drug-likeness (QED) is 0.576. The highest BCUT2D eigenvalue weighted by molar-refractivity contribution is 6.30. The van der Waals surface area contributed by atoms with E-state index in [9.17, 15) is 9.59 Å². The van der Waals surface area contributed by atoms with E-state index in [1.54, 1.807) is 24.3 Å².